The van der Waals surface area contributed by atoms with Crippen molar-refractivity contribution in [1.82, 2.24) is 19.8 Å². The van der Waals surface area contributed by atoms with Gasteiger partial charge in [0.05, 0.1) is 0 Å². The average Bonchev–Trinajstić information content (AvgIpc) is 2.95. The molecule has 2 aliphatic rings. The van der Waals surface area contributed by atoms with Crippen molar-refractivity contribution in [3.8, 4) is 0 Å². The van der Waals surface area contributed by atoms with Crippen LogP contribution in [-0.4, -0.2) is 84.2 Å². The molecule has 0 atom stereocenters. The van der Waals surface area contributed by atoms with Gasteiger partial charge in [0, 0.05) is 76.1 Å². The Balaban J connectivity index is 1.07. The second-order valence-corrected chi connectivity index (χ2v) is 8.76. The van der Waals surface area contributed by atoms with Gasteiger partial charge in [-0.05, 0) is 48.5 Å². The zero-order valence-corrected chi connectivity index (χ0v) is 20.1. The minimum atomic E-state index is -0.127. The number of carbonyl (C=O) groups is 2. The second-order valence-electron chi connectivity index (χ2n) is 8.76. The van der Waals surface area contributed by atoms with Gasteiger partial charge in [0.15, 0.2) is 0 Å². The number of urea groups is 2. The van der Waals surface area contributed by atoms with E-state index in [0.717, 1.165) is 37.8 Å². The first-order valence-electron chi connectivity index (χ1n) is 12.2. The van der Waals surface area contributed by atoms with Crippen LogP contribution in [0.5, 0.6) is 0 Å². The number of benzene rings is 1. The summed E-state index contributed by atoms with van der Waals surface area (Å²) in [5.41, 5.74) is 1.38. The summed E-state index contributed by atoms with van der Waals surface area (Å²) >= 11 is 0. The van der Waals surface area contributed by atoms with E-state index in [2.05, 4.69) is 30.4 Å². The Kier molecular flexibility index (Phi) is 7.11. The van der Waals surface area contributed by atoms with Gasteiger partial charge in [-0.25, -0.2) is 19.6 Å². The van der Waals surface area contributed by atoms with E-state index < -0.39 is 0 Å². The molecule has 2 saturated heterocycles. The lowest BCUT2D eigenvalue weighted by Crippen LogP contribution is -2.50. The van der Waals surface area contributed by atoms with E-state index in [9.17, 15) is 9.59 Å². The molecule has 0 spiro atoms. The Bertz CT molecular complexity index is 1050. The molecule has 10 nitrogen and oxygen atoms in total. The molecular formula is C26H30N8O2. The zero-order valence-electron chi connectivity index (χ0n) is 20.1. The van der Waals surface area contributed by atoms with Gasteiger partial charge in [0.2, 0.25) is 0 Å². The van der Waals surface area contributed by atoms with Crippen LogP contribution in [-0.2, 0) is 0 Å². The number of rotatable bonds is 4. The third kappa shape index (κ3) is 5.65. The number of amides is 4. The molecule has 2 fully saturated rings. The molecule has 2 aliphatic heterocycles. The first kappa shape index (κ1) is 23.4. The maximum Gasteiger partial charge on any atom is 0.321 e. The van der Waals surface area contributed by atoms with Gasteiger partial charge < -0.3 is 30.2 Å². The maximum atomic E-state index is 12.7. The van der Waals surface area contributed by atoms with Crippen molar-refractivity contribution in [1.29, 1.82) is 0 Å². The van der Waals surface area contributed by atoms with Crippen LogP contribution >= 0.6 is 0 Å². The molecule has 4 heterocycles. The number of nitrogens with zero attached hydrogens (tertiary/aromatic N) is 6. The fourth-order valence-corrected chi connectivity index (χ4v) is 4.40. The highest BCUT2D eigenvalue weighted by Crippen LogP contribution is 2.18. The molecule has 4 amide bonds. The van der Waals surface area contributed by atoms with E-state index in [0.29, 0.717) is 37.6 Å². The van der Waals surface area contributed by atoms with Gasteiger partial charge in [-0.1, -0.05) is 12.1 Å². The SMILES string of the molecule is O=C(Nc1ccc(NC(=O)N2CCN(c3ccccn3)CC2)cc1)N1CCN(c2ccccn2)CC1. The van der Waals surface area contributed by atoms with E-state index in [1.54, 1.807) is 46.5 Å². The van der Waals surface area contributed by atoms with Gasteiger partial charge >= 0.3 is 12.1 Å². The van der Waals surface area contributed by atoms with Crippen LogP contribution in [0.1, 0.15) is 0 Å². The summed E-state index contributed by atoms with van der Waals surface area (Å²) in [4.78, 5) is 42.1. The zero-order chi connectivity index (χ0) is 24.7. The lowest BCUT2D eigenvalue weighted by atomic mass is 10.2. The maximum absolute atomic E-state index is 12.7. The molecule has 3 aromatic rings. The first-order valence-corrected chi connectivity index (χ1v) is 12.2. The quantitative estimate of drug-likeness (QED) is 0.588. The average molecular weight is 487 g/mol. The van der Waals surface area contributed by atoms with Crippen molar-refractivity contribution in [3.63, 3.8) is 0 Å². The van der Waals surface area contributed by atoms with Crippen molar-refractivity contribution in [2.45, 2.75) is 0 Å². The summed E-state index contributed by atoms with van der Waals surface area (Å²) in [6, 6.07) is 18.7. The molecule has 36 heavy (non-hydrogen) atoms. The fraction of sp³-hybridized carbons (Fsp3) is 0.308. The van der Waals surface area contributed by atoms with E-state index in [4.69, 9.17) is 0 Å². The number of hydrogen-bond donors (Lipinski definition) is 2. The fourth-order valence-electron chi connectivity index (χ4n) is 4.40. The molecule has 0 unspecified atom stereocenters. The van der Waals surface area contributed by atoms with Crippen molar-refractivity contribution in [3.05, 3.63) is 73.1 Å². The van der Waals surface area contributed by atoms with Crippen LogP contribution in [0.25, 0.3) is 0 Å². The number of nitrogens with one attached hydrogen (secondary N) is 2. The minimum Gasteiger partial charge on any atom is -0.353 e. The van der Waals surface area contributed by atoms with E-state index >= 15 is 0 Å². The van der Waals surface area contributed by atoms with Gasteiger partial charge in [0.1, 0.15) is 11.6 Å². The van der Waals surface area contributed by atoms with E-state index in [1.807, 2.05) is 36.4 Å². The first-order chi connectivity index (χ1) is 17.7. The smallest absolute Gasteiger partial charge is 0.321 e. The van der Waals surface area contributed by atoms with Gasteiger partial charge in [0.25, 0.3) is 0 Å². The highest BCUT2D eigenvalue weighted by atomic mass is 16.2. The topological polar surface area (TPSA) is 96.9 Å². The summed E-state index contributed by atoms with van der Waals surface area (Å²) in [7, 11) is 0. The molecule has 2 N–H and O–H groups in total. The number of carbonyl (C=O) groups excluding carboxylic acids is 2. The van der Waals surface area contributed by atoms with Crippen LogP contribution in [0.2, 0.25) is 0 Å². The number of hydrogen-bond acceptors (Lipinski definition) is 6. The summed E-state index contributed by atoms with van der Waals surface area (Å²) in [5.74, 6) is 1.87. The second kappa shape index (κ2) is 10.9. The summed E-state index contributed by atoms with van der Waals surface area (Å²) in [5, 5.41) is 5.90. The third-order valence-corrected chi connectivity index (χ3v) is 6.47. The number of pyridine rings is 2. The monoisotopic (exact) mass is 486 g/mol. The largest absolute Gasteiger partial charge is 0.353 e. The molecule has 0 bridgehead atoms. The van der Waals surface area contributed by atoms with Gasteiger partial charge in [-0.2, -0.15) is 0 Å². The lowest BCUT2D eigenvalue weighted by molar-refractivity contribution is 0.207. The molecule has 2 aromatic heterocycles. The Morgan fingerprint density at radius 1 is 0.556 bits per heavy atom. The van der Waals surface area contributed by atoms with Crippen molar-refractivity contribution >= 4 is 35.1 Å². The van der Waals surface area contributed by atoms with E-state index in [-0.39, 0.29) is 12.1 Å². The molecule has 186 valence electrons. The highest BCUT2D eigenvalue weighted by molar-refractivity contribution is 5.92. The van der Waals surface area contributed by atoms with Crippen LogP contribution in [0.3, 0.4) is 0 Å². The molecule has 0 saturated carbocycles. The van der Waals surface area contributed by atoms with Crippen molar-refractivity contribution in [2.75, 3.05) is 72.8 Å². The molecule has 5 rings (SSSR count). The molecule has 10 heteroatoms. The Morgan fingerprint density at radius 2 is 0.944 bits per heavy atom. The van der Waals surface area contributed by atoms with Crippen LogP contribution in [0.4, 0.5) is 32.6 Å². The normalized spacial score (nSPS) is 16.0. The summed E-state index contributed by atoms with van der Waals surface area (Å²) in [6.45, 7) is 5.48. The van der Waals surface area contributed by atoms with Crippen molar-refractivity contribution < 1.29 is 9.59 Å². The molecule has 0 radical (unpaired) electrons. The number of anilines is 4. The Hall–Kier alpha value is -4.34. The van der Waals surface area contributed by atoms with Gasteiger partial charge in [-0.3, -0.25) is 0 Å². The predicted molar refractivity (Wildman–Crippen MR) is 141 cm³/mol. The molecule has 0 aliphatic carbocycles. The van der Waals surface area contributed by atoms with Gasteiger partial charge in [-0.15, -0.1) is 0 Å². The number of piperazine rings is 2. The summed E-state index contributed by atoms with van der Waals surface area (Å²) < 4.78 is 0. The Labute approximate surface area is 210 Å². The predicted octanol–water partition coefficient (Wildman–Crippen LogP) is 3.18. The lowest BCUT2D eigenvalue weighted by Gasteiger charge is -2.35. The molecule has 1 aromatic carbocycles. The van der Waals surface area contributed by atoms with E-state index in [1.165, 1.54) is 0 Å². The highest BCUT2D eigenvalue weighted by Gasteiger charge is 2.23. The van der Waals surface area contributed by atoms with Crippen molar-refractivity contribution in [2.24, 2.45) is 0 Å². The minimum absolute atomic E-state index is 0.127. The molecular weight excluding hydrogens is 456 g/mol. The van der Waals surface area contributed by atoms with Crippen LogP contribution < -0.4 is 20.4 Å². The Morgan fingerprint density at radius 3 is 1.28 bits per heavy atom. The summed E-state index contributed by atoms with van der Waals surface area (Å²) in [6.07, 6.45) is 3.56. The third-order valence-electron chi connectivity index (χ3n) is 6.47. The van der Waals surface area contributed by atoms with Crippen LogP contribution in [0, 0.1) is 0 Å². The number of aromatic nitrogens is 2. The standard InChI is InChI=1S/C26H30N8O2/c35-25(33-17-13-31(14-18-33)23-5-1-3-11-27-23)29-21-7-9-22(10-8-21)30-26(36)34-19-15-32(16-20-34)24-6-2-4-12-28-24/h1-12H,13-20H2,(H,29,35)(H,30,36). The van der Waals surface area contributed by atoms with Crippen LogP contribution in [0.15, 0.2) is 73.1 Å².